The lowest BCUT2D eigenvalue weighted by atomic mass is 9.97. The van der Waals surface area contributed by atoms with Crippen molar-refractivity contribution in [2.45, 2.75) is 25.7 Å². The molecule has 1 fully saturated rings. The van der Waals surface area contributed by atoms with Crippen molar-refractivity contribution in [1.82, 2.24) is 0 Å². The minimum Gasteiger partial charge on any atom is -0.481 e. The van der Waals surface area contributed by atoms with Crippen LogP contribution in [0.4, 0.5) is 0 Å². The minimum absolute atomic E-state index is 0.407. The summed E-state index contributed by atoms with van der Waals surface area (Å²) in [4.78, 5) is 11.0. The molecule has 0 heterocycles. The van der Waals surface area contributed by atoms with E-state index in [4.69, 9.17) is 5.11 Å². The van der Waals surface area contributed by atoms with E-state index in [1.165, 1.54) is 5.56 Å². The molecule has 15 heavy (non-hydrogen) atoms. The first-order valence-corrected chi connectivity index (χ1v) is 5.90. The van der Waals surface area contributed by atoms with Crippen molar-refractivity contribution in [3.8, 4) is 0 Å². The monoisotopic (exact) mass is 268 g/mol. The van der Waals surface area contributed by atoms with Crippen LogP contribution < -0.4 is 0 Å². The van der Waals surface area contributed by atoms with E-state index in [2.05, 4.69) is 15.9 Å². The highest BCUT2D eigenvalue weighted by atomic mass is 79.9. The third-order valence-electron chi connectivity index (χ3n) is 3.14. The van der Waals surface area contributed by atoms with Crippen LogP contribution in [0.25, 0.3) is 0 Å². The predicted octanol–water partition coefficient (Wildman–Crippen LogP) is 3.25. The van der Waals surface area contributed by atoms with E-state index in [9.17, 15) is 4.79 Å². The van der Waals surface area contributed by atoms with E-state index < -0.39 is 11.4 Å². The Balaban J connectivity index is 2.00. The van der Waals surface area contributed by atoms with Gasteiger partial charge >= 0.3 is 5.97 Å². The standard InChI is InChI=1S/C12H13BrO2/c13-10-4-2-1-3-9(10)5-6-12(7-8-12)11(14)15/h1-4H,5-8H2,(H,14,15). The van der Waals surface area contributed by atoms with Gasteiger partial charge < -0.3 is 5.11 Å². The molecule has 0 bridgehead atoms. The van der Waals surface area contributed by atoms with E-state index in [1.54, 1.807) is 0 Å². The van der Waals surface area contributed by atoms with Crippen molar-refractivity contribution in [2.75, 3.05) is 0 Å². The van der Waals surface area contributed by atoms with Gasteiger partial charge in [-0.25, -0.2) is 0 Å². The molecule has 2 nitrogen and oxygen atoms in total. The van der Waals surface area contributed by atoms with E-state index in [1.807, 2.05) is 24.3 Å². The summed E-state index contributed by atoms with van der Waals surface area (Å²) in [5.41, 5.74) is 0.792. The molecule has 0 unspecified atom stereocenters. The maximum Gasteiger partial charge on any atom is 0.309 e. The number of halogens is 1. The van der Waals surface area contributed by atoms with Gasteiger partial charge in [0.15, 0.2) is 0 Å². The van der Waals surface area contributed by atoms with Gasteiger partial charge in [-0.1, -0.05) is 34.1 Å². The van der Waals surface area contributed by atoms with Gasteiger partial charge in [-0.3, -0.25) is 4.79 Å². The summed E-state index contributed by atoms with van der Waals surface area (Å²) >= 11 is 3.47. The largest absolute Gasteiger partial charge is 0.481 e. The van der Waals surface area contributed by atoms with Crippen LogP contribution in [0.3, 0.4) is 0 Å². The van der Waals surface area contributed by atoms with Crippen molar-refractivity contribution < 1.29 is 9.90 Å². The van der Waals surface area contributed by atoms with Crippen LogP contribution in [0.2, 0.25) is 0 Å². The molecule has 80 valence electrons. The third-order valence-corrected chi connectivity index (χ3v) is 3.91. The Morgan fingerprint density at radius 2 is 2.07 bits per heavy atom. The Labute approximate surface area is 97.4 Å². The maximum absolute atomic E-state index is 11.0. The van der Waals surface area contributed by atoms with Crippen molar-refractivity contribution in [1.29, 1.82) is 0 Å². The summed E-state index contributed by atoms with van der Waals surface area (Å²) < 4.78 is 1.08. The number of hydrogen-bond donors (Lipinski definition) is 1. The Morgan fingerprint density at radius 1 is 1.40 bits per heavy atom. The first-order chi connectivity index (χ1) is 7.14. The summed E-state index contributed by atoms with van der Waals surface area (Å²) in [6.45, 7) is 0. The number of benzene rings is 1. The van der Waals surface area contributed by atoms with Crippen LogP contribution in [0.15, 0.2) is 28.7 Å². The van der Waals surface area contributed by atoms with Crippen LogP contribution in [0.5, 0.6) is 0 Å². The summed E-state index contributed by atoms with van der Waals surface area (Å²) in [6.07, 6.45) is 3.28. The van der Waals surface area contributed by atoms with Crippen molar-refractivity contribution in [3.63, 3.8) is 0 Å². The molecule has 3 heteroatoms. The van der Waals surface area contributed by atoms with Gasteiger partial charge in [0.25, 0.3) is 0 Å². The number of aliphatic carboxylic acids is 1. The molecule has 1 saturated carbocycles. The van der Waals surface area contributed by atoms with Crippen molar-refractivity contribution in [2.24, 2.45) is 5.41 Å². The fourth-order valence-electron chi connectivity index (χ4n) is 1.80. The summed E-state index contributed by atoms with van der Waals surface area (Å²) in [6, 6.07) is 8.00. The van der Waals surface area contributed by atoms with E-state index in [-0.39, 0.29) is 0 Å². The van der Waals surface area contributed by atoms with Crippen LogP contribution in [0, 0.1) is 5.41 Å². The Morgan fingerprint density at radius 3 is 2.60 bits per heavy atom. The minimum atomic E-state index is -0.630. The lowest BCUT2D eigenvalue weighted by molar-refractivity contribution is -0.143. The second-order valence-electron chi connectivity index (χ2n) is 4.18. The molecule has 0 saturated heterocycles. The van der Waals surface area contributed by atoms with Crippen LogP contribution >= 0.6 is 15.9 Å². The number of hydrogen-bond acceptors (Lipinski definition) is 1. The second-order valence-corrected chi connectivity index (χ2v) is 5.03. The highest BCUT2D eigenvalue weighted by molar-refractivity contribution is 9.10. The van der Waals surface area contributed by atoms with E-state index >= 15 is 0 Å². The van der Waals surface area contributed by atoms with Gasteiger partial charge in [-0.2, -0.15) is 0 Å². The summed E-state index contributed by atoms with van der Waals surface area (Å²) in [5, 5.41) is 9.04. The van der Waals surface area contributed by atoms with Gasteiger partial charge in [-0.05, 0) is 37.3 Å². The first-order valence-electron chi connectivity index (χ1n) is 5.11. The quantitative estimate of drug-likeness (QED) is 0.911. The Kier molecular flexibility index (Phi) is 2.83. The zero-order chi connectivity index (χ0) is 10.9. The molecule has 1 aromatic carbocycles. The average molecular weight is 269 g/mol. The summed E-state index contributed by atoms with van der Waals surface area (Å²) in [7, 11) is 0. The molecule has 0 amide bonds. The van der Waals surface area contributed by atoms with Gasteiger partial charge in [0.1, 0.15) is 0 Å². The molecule has 1 N–H and O–H groups in total. The smallest absolute Gasteiger partial charge is 0.309 e. The van der Waals surface area contributed by atoms with Gasteiger partial charge in [-0.15, -0.1) is 0 Å². The molecule has 0 radical (unpaired) electrons. The normalized spacial score (nSPS) is 17.4. The number of carbonyl (C=O) groups is 1. The van der Waals surface area contributed by atoms with Crippen LogP contribution in [-0.4, -0.2) is 11.1 Å². The average Bonchev–Trinajstić information content (AvgIpc) is 2.98. The molecule has 1 aromatic rings. The zero-order valence-electron chi connectivity index (χ0n) is 8.37. The highest BCUT2D eigenvalue weighted by Crippen LogP contribution is 2.49. The SMILES string of the molecule is O=C(O)C1(CCc2ccccc2Br)CC1. The molecule has 0 aromatic heterocycles. The molecule has 1 aliphatic carbocycles. The Bertz CT molecular complexity index is 383. The number of aryl methyl sites for hydroxylation is 1. The summed E-state index contributed by atoms with van der Waals surface area (Å²) in [5.74, 6) is -0.630. The second kappa shape index (κ2) is 3.97. The van der Waals surface area contributed by atoms with Gasteiger partial charge in [0.05, 0.1) is 5.41 Å². The third kappa shape index (κ3) is 2.23. The number of rotatable bonds is 4. The lowest BCUT2D eigenvalue weighted by Crippen LogP contribution is -2.15. The highest BCUT2D eigenvalue weighted by Gasteiger charge is 2.49. The molecular weight excluding hydrogens is 256 g/mol. The number of carboxylic acids is 1. The zero-order valence-corrected chi connectivity index (χ0v) is 9.96. The predicted molar refractivity (Wildman–Crippen MR) is 61.8 cm³/mol. The molecule has 1 aliphatic rings. The molecule has 0 spiro atoms. The topological polar surface area (TPSA) is 37.3 Å². The molecule has 0 aliphatic heterocycles. The van der Waals surface area contributed by atoms with E-state index in [0.717, 1.165) is 30.2 Å². The lowest BCUT2D eigenvalue weighted by Gasteiger charge is -2.10. The van der Waals surface area contributed by atoms with Crippen LogP contribution in [-0.2, 0) is 11.2 Å². The van der Waals surface area contributed by atoms with Gasteiger partial charge in [0.2, 0.25) is 0 Å². The number of carboxylic acid groups (broad SMARTS) is 1. The first kappa shape index (κ1) is 10.7. The molecule has 2 rings (SSSR count). The fraction of sp³-hybridized carbons (Fsp3) is 0.417. The molecular formula is C12H13BrO2. The van der Waals surface area contributed by atoms with Crippen LogP contribution in [0.1, 0.15) is 24.8 Å². The van der Waals surface area contributed by atoms with E-state index in [0.29, 0.717) is 0 Å². The molecule has 0 atom stereocenters. The van der Waals surface area contributed by atoms with Crippen molar-refractivity contribution >= 4 is 21.9 Å². The van der Waals surface area contributed by atoms with Gasteiger partial charge in [0, 0.05) is 4.47 Å². The fourth-order valence-corrected chi connectivity index (χ4v) is 2.28. The van der Waals surface area contributed by atoms with Crippen molar-refractivity contribution in [3.05, 3.63) is 34.3 Å². The maximum atomic E-state index is 11.0. The Hall–Kier alpha value is -0.830.